The Labute approximate surface area is 78.7 Å². The zero-order chi connectivity index (χ0) is 10.3. The standard InChI is InChI=1S/C7H15N3O2S/c1-3-7(2)13(11,12)6-4-5-9-10-8/h7H,3-6H2,1-2H3. The highest BCUT2D eigenvalue weighted by Gasteiger charge is 2.17. The van der Waals surface area contributed by atoms with Gasteiger partial charge in [-0.3, -0.25) is 0 Å². The molecular formula is C7H15N3O2S. The minimum absolute atomic E-state index is 0.112. The van der Waals surface area contributed by atoms with Crippen molar-refractivity contribution in [1.29, 1.82) is 0 Å². The third-order valence-electron chi connectivity index (χ3n) is 1.94. The van der Waals surface area contributed by atoms with Crippen LogP contribution in [0.1, 0.15) is 26.7 Å². The molecule has 0 aromatic carbocycles. The Balaban J connectivity index is 3.97. The number of nitrogens with zero attached hydrogens (tertiary/aromatic N) is 3. The summed E-state index contributed by atoms with van der Waals surface area (Å²) in [5.41, 5.74) is 7.96. The van der Waals surface area contributed by atoms with Crippen molar-refractivity contribution in [3.05, 3.63) is 10.4 Å². The molecule has 0 fully saturated rings. The van der Waals surface area contributed by atoms with Crippen molar-refractivity contribution < 1.29 is 8.42 Å². The smallest absolute Gasteiger partial charge is 0.152 e. The maximum absolute atomic E-state index is 11.4. The van der Waals surface area contributed by atoms with Crippen molar-refractivity contribution >= 4 is 9.84 Å². The molecule has 0 bridgehead atoms. The minimum Gasteiger partial charge on any atom is -0.229 e. The van der Waals surface area contributed by atoms with E-state index in [0.29, 0.717) is 12.8 Å². The molecule has 13 heavy (non-hydrogen) atoms. The second kappa shape index (κ2) is 5.83. The van der Waals surface area contributed by atoms with Gasteiger partial charge in [-0.1, -0.05) is 12.0 Å². The van der Waals surface area contributed by atoms with Gasteiger partial charge in [-0.05, 0) is 25.3 Å². The Morgan fingerprint density at radius 2 is 2.15 bits per heavy atom. The topological polar surface area (TPSA) is 82.9 Å². The van der Waals surface area contributed by atoms with Gasteiger partial charge in [-0.15, -0.1) is 0 Å². The average molecular weight is 205 g/mol. The van der Waals surface area contributed by atoms with E-state index in [1.54, 1.807) is 6.92 Å². The van der Waals surface area contributed by atoms with E-state index in [9.17, 15) is 8.42 Å². The minimum atomic E-state index is -2.97. The van der Waals surface area contributed by atoms with Crippen LogP contribution in [-0.4, -0.2) is 26.0 Å². The van der Waals surface area contributed by atoms with Gasteiger partial charge in [0.1, 0.15) is 0 Å². The summed E-state index contributed by atoms with van der Waals surface area (Å²) in [6, 6.07) is 0. The Morgan fingerprint density at radius 1 is 1.54 bits per heavy atom. The summed E-state index contributed by atoms with van der Waals surface area (Å²) in [5.74, 6) is 0.112. The van der Waals surface area contributed by atoms with Crippen LogP contribution in [0.25, 0.3) is 10.4 Å². The first-order valence-electron chi connectivity index (χ1n) is 4.27. The van der Waals surface area contributed by atoms with E-state index in [-0.39, 0.29) is 17.5 Å². The van der Waals surface area contributed by atoms with Gasteiger partial charge in [0.15, 0.2) is 9.84 Å². The molecule has 0 saturated heterocycles. The molecule has 6 heteroatoms. The SMILES string of the molecule is CCC(C)S(=O)(=O)CCCN=[N+]=[N-]. The summed E-state index contributed by atoms with van der Waals surface area (Å²) in [4.78, 5) is 2.55. The third kappa shape index (κ3) is 4.75. The van der Waals surface area contributed by atoms with Gasteiger partial charge < -0.3 is 0 Å². The van der Waals surface area contributed by atoms with Crippen LogP contribution in [0.3, 0.4) is 0 Å². The van der Waals surface area contributed by atoms with E-state index in [1.807, 2.05) is 6.92 Å². The van der Waals surface area contributed by atoms with Crippen LogP contribution in [0.15, 0.2) is 5.11 Å². The monoisotopic (exact) mass is 205 g/mol. The normalized spacial score (nSPS) is 13.4. The molecule has 0 heterocycles. The maximum Gasteiger partial charge on any atom is 0.152 e. The molecule has 0 aliphatic rings. The quantitative estimate of drug-likeness (QED) is 0.287. The van der Waals surface area contributed by atoms with E-state index in [0.717, 1.165) is 0 Å². The van der Waals surface area contributed by atoms with Crippen LogP contribution in [-0.2, 0) is 9.84 Å². The van der Waals surface area contributed by atoms with E-state index in [2.05, 4.69) is 10.0 Å². The molecule has 0 aromatic heterocycles. The molecule has 0 rings (SSSR count). The van der Waals surface area contributed by atoms with Crippen molar-refractivity contribution in [3.8, 4) is 0 Å². The zero-order valence-electron chi connectivity index (χ0n) is 7.97. The Morgan fingerprint density at radius 3 is 2.62 bits per heavy atom. The van der Waals surface area contributed by atoms with E-state index in [1.165, 1.54) is 0 Å². The van der Waals surface area contributed by atoms with Crippen LogP contribution < -0.4 is 0 Å². The number of sulfone groups is 1. The molecule has 76 valence electrons. The van der Waals surface area contributed by atoms with E-state index in [4.69, 9.17) is 5.53 Å². The molecule has 0 aliphatic heterocycles. The highest BCUT2D eigenvalue weighted by Crippen LogP contribution is 2.07. The lowest BCUT2D eigenvalue weighted by atomic mass is 10.4. The lowest BCUT2D eigenvalue weighted by molar-refractivity contribution is 0.578. The molecule has 0 amide bonds. The molecule has 0 radical (unpaired) electrons. The Bertz CT molecular complexity index is 280. The van der Waals surface area contributed by atoms with E-state index < -0.39 is 9.84 Å². The molecular weight excluding hydrogens is 190 g/mol. The van der Waals surface area contributed by atoms with Crippen molar-refractivity contribution in [3.63, 3.8) is 0 Å². The molecule has 1 atom stereocenters. The highest BCUT2D eigenvalue weighted by atomic mass is 32.2. The van der Waals surface area contributed by atoms with Crippen molar-refractivity contribution in [2.24, 2.45) is 5.11 Å². The molecule has 0 N–H and O–H groups in total. The number of hydrogen-bond acceptors (Lipinski definition) is 3. The van der Waals surface area contributed by atoms with Crippen molar-refractivity contribution in [2.75, 3.05) is 12.3 Å². The Kier molecular flexibility index (Phi) is 5.50. The number of hydrogen-bond donors (Lipinski definition) is 0. The Hall–Kier alpha value is -0.740. The largest absolute Gasteiger partial charge is 0.229 e. The fourth-order valence-corrected chi connectivity index (χ4v) is 2.28. The molecule has 0 saturated carbocycles. The van der Waals surface area contributed by atoms with Crippen LogP contribution in [0.4, 0.5) is 0 Å². The van der Waals surface area contributed by atoms with Gasteiger partial charge >= 0.3 is 0 Å². The second-order valence-electron chi connectivity index (χ2n) is 2.89. The van der Waals surface area contributed by atoms with Crippen molar-refractivity contribution in [1.82, 2.24) is 0 Å². The molecule has 1 unspecified atom stereocenters. The molecule has 0 aliphatic carbocycles. The predicted octanol–water partition coefficient (Wildman–Crippen LogP) is 1.90. The lowest BCUT2D eigenvalue weighted by Gasteiger charge is -2.08. The molecule has 0 spiro atoms. The summed E-state index contributed by atoms with van der Waals surface area (Å²) in [7, 11) is -2.97. The highest BCUT2D eigenvalue weighted by molar-refractivity contribution is 7.91. The number of azide groups is 1. The summed E-state index contributed by atoms with van der Waals surface area (Å²) >= 11 is 0. The first-order chi connectivity index (χ1) is 6.04. The second-order valence-corrected chi connectivity index (χ2v) is 5.43. The fourth-order valence-electron chi connectivity index (χ4n) is 0.836. The first kappa shape index (κ1) is 12.3. The summed E-state index contributed by atoms with van der Waals surface area (Å²) in [5, 5.41) is 2.98. The fraction of sp³-hybridized carbons (Fsp3) is 1.00. The maximum atomic E-state index is 11.4. The van der Waals surface area contributed by atoms with Gasteiger partial charge in [0.25, 0.3) is 0 Å². The van der Waals surface area contributed by atoms with Crippen LogP contribution in [0.5, 0.6) is 0 Å². The van der Waals surface area contributed by atoms with Crippen molar-refractivity contribution in [2.45, 2.75) is 31.9 Å². The van der Waals surface area contributed by atoms with E-state index >= 15 is 0 Å². The summed E-state index contributed by atoms with van der Waals surface area (Å²) in [6.07, 6.45) is 1.04. The van der Waals surface area contributed by atoms with Crippen LogP contribution in [0.2, 0.25) is 0 Å². The first-order valence-corrected chi connectivity index (χ1v) is 5.98. The zero-order valence-corrected chi connectivity index (χ0v) is 8.79. The van der Waals surface area contributed by atoms with Gasteiger partial charge in [0.05, 0.1) is 11.0 Å². The summed E-state index contributed by atoms with van der Waals surface area (Å²) in [6.45, 7) is 3.80. The van der Waals surface area contributed by atoms with Gasteiger partial charge in [-0.25, -0.2) is 8.42 Å². The summed E-state index contributed by atoms with van der Waals surface area (Å²) < 4.78 is 22.8. The van der Waals surface area contributed by atoms with Crippen LogP contribution >= 0.6 is 0 Å². The third-order valence-corrected chi connectivity index (χ3v) is 4.36. The van der Waals surface area contributed by atoms with Gasteiger partial charge in [0.2, 0.25) is 0 Å². The van der Waals surface area contributed by atoms with Gasteiger partial charge in [-0.2, -0.15) is 0 Å². The van der Waals surface area contributed by atoms with Crippen LogP contribution in [0, 0.1) is 0 Å². The molecule has 0 aromatic rings. The average Bonchev–Trinajstić information content (AvgIpc) is 2.11. The predicted molar refractivity (Wildman–Crippen MR) is 52.2 cm³/mol. The number of rotatable bonds is 6. The molecule has 5 nitrogen and oxygen atoms in total. The van der Waals surface area contributed by atoms with Gasteiger partial charge in [0, 0.05) is 11.5 Å². The lowest BCUT2D eigenvalue weighted by Crippen LogP contribution is -2.20.